The van der Waals surface area contributed by atoms with Crippen molar-refractivity contribution in [2.24, 2.45) is 0 Å². The number of nitrogens with one attached hydrogen (secondary N) is 2. The van der Waals surface area contributed by atoms with Gasteiger partial charge in [0.15, 0.2) is 5.78 Å². The molecule has 0 aromatic heterocycles. The van der Waals surface area contributed by atoms with Crippen molar-refractivity contribution in [3.63, 3.8) is 0 Å². The SMILES string of the molecule is CCN(CC(=O)Nc1ccc(OC)cc1)CC(=O)Nc1ccccc1C(C)=O. The number of methoxy groups -OCH3 is 1. The molecule has 0 fully saturated rings. The van der Waals surface area contributed by atoms with Crippen LogP contribution in [0.2, 0.25) is 0 Å². The summed E-state index contributed by atoms with van der Waals surface area (Å²) in [5, 5.41) is 5.54. The predicted octanol–water partition coefficient (Wildman–Crippen LogP) is 2.80. The van der Waals surface area contributed by atoms with Crippen LogP contribution in [-0.4, -0.2) is 49.2 Å². The summed E-state index contributed by atoms with van der Waals surface area (Å²) in [6.07, 6.45) is 0. The Hall–Kier alpha value is -3.19. The van der Waals surface area contributed by atoms with E-state index in [0.29, 0.717) is 29.2 Å². The third-order valence-corrected chi connectivity index (χ3v) is 4.14. The van der Waals surface area contributed by atoms with E-state index in [2.05, 4.69) is 10.6 Å². The van der Waals surface area contributed by atoms with Crippen molar-refractivity contribution in [3.8, 4) is 5.75 Å². The van der Waals surface area contributed by atoms with Gasteiger partial charge in [-0.2, -0.15) is 0 Å². The molecule has 7 heteroatoms. The van der Waals surface area contributed by atoms with Crippen LogP contribution < -0.4 is 15.4 Å². The van der Waals surface area contributed by atoms with Gasteiger partial charge in [0.2, 0.25) is 11.8 Å². The monoisotopic (exact) mass is 383 g/mol. The number of anilines is 2. The van der Waals surface area contributed by atoms with Crippen LogP contribution in [0.4, 0.5) is 11.4 Å². The maximum atomic E-state index is 12.4. The number of hydrogen-bond donors (Lipinski definition) is 2. The first-order valence-electron chi connectivity index (χ1n) is 8.99. The number of ketones is 1. The number of para-hydroxylation sites is 1. The van der Waals surface area contributed by atoms with E-state index in [0.717, 1.165) is 0 Å². The molecule has 0 aliphatic heterocycles. The number of carbonyl (C=O) groups is 3. The second-order valence-electron chi connectivity index (χ2n) is 6.23. The molecular formula is C21H25N3O4. The van der Waals surface area contributed by atoms with Gasteiger partial charge in [-0.25, -0.2) is 0 Å². The molecular weight excluding hydrogens is 358 g/mol. The van der Waals surface area contributed by atoms with Gasteiger partial charge < -0.3 is 15.4 Å². The lowest BCUT2D eigenvalue weighted by Crippen LogP contribution is -2.38. The number of benzene rings is 2. The third-order valence-electron chi connectivity index (χ3n) is 4.14. The summed E-state index contributed by atoms with van der Waals surface area (Å²) in [6.45, 7) is 3.96. The summed E-state index contributed by atoms with van der Waals surface area (Å²) in [7, 11) is 1.58. The first-order chi connectivity index (χ1) is 13.4. The number of likely N-dealkylation sites (N-methyl/N-ethyl adjacent to an activating group) is 1. The highest BCUT2D eigenvalue weighted by Gasteiger charge is 2.15. The number of hydrogen-bond acceptors (Lipinski definition) is 5. The van der Waals surface area contributed by atoms with E-state index < -0.39 is 0 Å². The summed E-state index contributed by atoms with van der Waals surface area (Å²) >= 11 is 0. The van der Waals surface area contributed by atoms with Crippen LogP contribution in [0.15, 0.2) is 48.5 Å². The molecule has 148 valence electrons. The van der Waals surface area contributed by atoms with Crippen molar-refractivity contribution >= 4 is 29.0 Å². The second-order valence-corrected chi connectivity index (χ2v) is 6.23. The van der Waals surface area contributed by atoms with E-state index in [4.69, 9.17) is 4.74 Å². The average Bonchev–Trinajstić information content (AvgIpc) is 2.68. The molecule has 0 atom stereocenters. The van der Waals surface area contributed by atoms with E-state index in [-0.39, 0.29) is 30.7 Å². The van der Waals surface area contributed by atoms with Crippen molar-refractivity contribution in [1.29, 1.82) is 0 Å². The summed E-state index contributed by atoms with van der Waals surface area (Å²) in [5.41, 5.74) is 1.58. The highest BCUT2D eigenvalue weighted by Crippen LogP contribution is 2.16. The molecule has 2 amide bonds. The summed E-state index contributed by atoms with van der Waals surface area (Å²) in [4.78, 5) is 38.0. The first-order valence-corrected chi connectivity index (χ1v) is 8.99. The lowest BCUT2D eigenvalue weighted by atomic mass is 10.1. The topological polar surface area (TPSA) is 87.7 Å². The summed E-state index contributed by atoms with van der Waals surface area (Å²) in [6, 6.07) is 13.9. The third kappa shape index (κ3) is 6.21. The fourth-order valence-corrected chi connectivity index (χ4v) is 2.65. The Morgan fingerprint density at radius 3 is 2.11 bits per heavy atom. The highest BCUT2D eigenvalue weighted by molar-refractivity contribution is 6.04. The summed E-state index contributed by atoms with van der Waals surface area (Å²) in [5.74, 6) is 0.0783. The van der Waals surface area contributed by atoms with Crippen LogP contribution in [0.5, 0.6) is 5.75 Å². The van der Waals surface area contributed by atoms with Gasteiger partial charge in [0.25, 0.3) is 0 Å². The Bertz CT molecular complexity index is 834. The fourth-order valence-electron chi connectivity index (χ4n) is 2.65. The van der Waals surface area contributed by atoms with Gasteiger partial charge >= 0.3 is 0 Å². The van der Waals surface area contributed by atoms with Crippen LogP contribution in [0.25, 0.3) is 0 Å². The van der Waals surface area contributed by atoms with Crippen molar-refractivity contribution in [2.45, 2.75) is 13.8 Å². The molecule has 0 bridgehead atoms. The molecule has 0 radical (unpaired) electrons. The van der Waals surface area contributed by atoms with Crippen molar-refractivity contribution in [1.82, 2.24) is 4.90 Å². The Balaban J connectivity index is 1.91. The molecule has 0 saturated carbocycles. The molecule has 2 aromatic rings. The van der Waals surface area contributed by atoms with Crippen LogP contribution >= 0.6 is 0 Å². The Morgan fingerprint density at radius 2 is 1.54 bits per heavy atom. The Labute approximate surface area is 164 Å². The van der Waals surface area contributed by atoms with E-state index in [9.17, 15) is 14.4 Å². The second kappa shape index (κ2) is 10.2. The molecule has 0 aliphatic carbocycles. The smallest absolute Gasteiger partial charge is 0.238 e. The van der Waals surface area contributed by atoms with Gasteiger partial charge in [-0.3, -0.25) is 19.3 Å². The van der Waals surface area contributed by atoms with Crippen molar-refractivity contribution in [2.75, 3.05) is 37.4 Å². The zero-order valence-corrected chi connectivity index (χ0v) is 16.3. The van der Waals surface area contributed by atoms with Crippen molar-refractivity contribution in [3.05, 3.63) is 54.1 Å². The van der Waals surface area contributed by atoms with Crippen LogP contribution in [0.1, 0.15) is 24.2 Å². The number of rotatable bonds is 9. The molecule has 0 unspecified atom stereocenters. The minimum absolute atomic E-state index is 0.0404. The van der Waals surface area contributed by atoms with Gasteiger partial charge in [0, 0.05) is 11.3 Å². The molecule has 0 aliphatic rings. The van der Waals surface area contributed by atoms with E-state index in [1.807, 2.05) is 6.92 Å². The van der Waals surface area contributed by atoms with E-state index in [1.165, 1.54) is 6.92 Å². The maximum absolute atomic E-state index is 12.4. The quantitative estimate of drug-likeness (QED) is 0.650. The van der Waals surface area contributed by atoms with E-state index >= 15 is 0 Å². The molecule has 0 heterocycles. The largest absolute Gasteiger partial charge is 0.497 e. The molecule has 2 rings (SSSR count). The minimum Gasteiger partial charge on any atom is -0.497 e. The molecule has 0 spiro atoms. The molecule has 2 aromatic carbocycles. The minimum atomic E-state index is -0.284. The normalized spacial score (nSPS) is 10.4. The lowest BCUT2D eigenvalue weighted by Gasteiger charge is -2.20. The molecule has 2 N–H and O–H groups in total. The van der Waals surface area contributed by atoms with Gasteiger partial charge in [0.1, 0.15) is 5.75 Å². The molecule has 7 nitrogen and oxygen atoms in total. The Morgan fingerprint density at radius 1 is 0.929 bits per heavy atom. The molecule has 0 saturated heterocycles. The van der Waals surface area contributed by atoms with Gasteiger partial charge in [-0.15, -0.1) is 0 Å². The van der Waals surface area contributed by atoms with Gasteiger partial charge in [0.05, 0.1) is 25.9 Å². The van der Waals surface area contributed by atoms with Gasteiger partial charge in [-0.1, -0.05) is 19.1 Å². The zero-order chi connectivity index (χ0) is 20.5. The maximum Gasteiger partial charge on any atom is 0.238 e. The highest BCUT2D eigenvalue weighted by atomic mass is 16.5. The fraction of sp³-hybridized carbons (Fsp3) is 0.286. The average molecular weight is 383 g/mol. The van der Waals surface area contributed by atoms with Crippen LogP contribution in [-0.2, 0) is 9.59 Å². The first kappa shape index (κ1) is 21.1. The predicted molar refractivity (Wildman–Crippen MR) is 109 cm³/mol. The summed E-state index contributed by atoms with van der Waals surface area (Å²) < 4.78 is 5.09. The Kier molecular flexibility index (Phi) is 7.71. The number of Topliss-reactive ketones (excluding diaryl/α,β-unsaturated/α-hetero) is 1. The van der Waals surface area contributed by atoms with Crippen LogP contribution in [0.3, 0.4) is 0 Å². The number of nitrogens with zero attached hydrogens (tertiary/aromatic N) is 1. The number of amides is 2. The lowest BCUT2D eigenvalue weighted by molar-refractivity contribution is -0.119. The van der Waals surface area contributed by atoms with E-state index in [1.54, 1.807) is 60.5 Å². The zero-order valence-electron chi connectivity index (χ0n) is 16.3. The molecule has 28 heavy (non-hydrogen) atoms. The van der Waals surface area contributed by atoms with Crippen LogP contribution in [0, 0.1) is 0 Å². The van der Waals surface area contributed by atoms with Crippen molar-refractivity contribution < 1.29 is 19.1 Å². The number of ether oxygens (including phenoxy) is 1. The number of carbonyl (C=O) groups excluding carboxylic acids is 3. The standard InChI is InChI=1S/C21H25N3O4/c1-4-24(13-20(26)22-16-9-11-17(28-3)12-10-16)14-21(27)23-19-8-6-5-7-18(19)15(2)25/h5-12H,4,13-14H2,1-3H3,(H,22,26)(H,23,27). The van der Waals surface area contributed by atoms with Gasteiger partial charge in [-0.05, 0) is 49.9 Å².